The number of hydrogen-bond acceptors (Lipinski definition) is 6. The van der Waals surface area contributed by atoms with E-state index in [1.54, 1.807) is 7.11 Å². The maximum absolute atomic E-state index is 10.8. The summed E-state index contributed by atoms with van der Waals surface area (Å²) in [5.74, 6) is 0.515. The molecule has 0 saturated heterocycles. The molecule has 19 heavy (non-hydrogen) atoms. The summed E-state index contributed by atoms with van der Waals surface area (Å²) in [5, 5.41) is 10.8. The molecule has 0 bridgehead atoms. The van der Waals surface area contributed by atoms with Gasteiger partial charge in [-0.15, -0.1) is 0 Å². The van der Waals surface area contributed by atoms with Crippen molar-refractivity contribution in [3.8, 4) is 11.5 Å². The predicted octanol–water partition coefficient (Wildman–Crippen LogP) is 1.83. The van der Waals surface area contributed by atoms with Gasteiger partial charge < -0.3 is 14.2 Å². The van der Waals surface area contributed by atoms with Gasteiger partial charge in [-0.3, -0.25) is 14.9 Å². The number of carbonyl (C=O) groups excluding carboxylic acids is 1. The first-order valence-electron chi connectivity index (χ1n) is 5.57. The Morgan fingerprint density at radius 3 is 2.53 bits per heavy atom. The second-order valence-corrected chi connectivity index (χ2v) is 3.63. The highest BCUT2D eigenvalue weighted by molar-refractivity contribution is 5.83. The van der Waals surface area contributed by atoms with Crippen LogP contribution in [0.2, 0.25) is 0 Å². The minimum Gasteiger partial charge on any atom is -0.493 e. The molecule has 1 rings (SSSR count). The maximum Gasteiger partial charge on any atom is 0.283 e. The lowest BCUT2D eigenvalue weighted by Gasteiger charge is -2.11. The molecule has 0 saturated carbocycles. The van der Waals surface area contributed by atoms with Crippen LogP contribution in [0.3, 0.4) is 0 Å². The zero-order chi connectivity index (χ0) is 14.3. The Balaban J connectivity index is 2.97. The molecule has 0 aliphatic carbocycles. The molecule has 1 aromatic carbocycles. The topological polar surface area (TPSA) is 87.9 Å². The molecule has 0 radical (unpaired) electrons. The third-order valence-corrected chi connectivity index (χ3v) is 2.39. The molecule has 0 aliphatic heterocycles. The maximum atomic E-state index is 10.8. The van der Waals surface area contributed by atoms with E-state index in [0.29, 0.717) is 25.9 Å². The van der Waals surface area contributed by atoms with Crippen molar-refractivity contribution >= 4 is 12.0 Å². The van der Waals surface area contributed by atoms with Gasteiger partial charge in [0.2, 0.25) is 0 Å². The second-order valence-electron chi connectivity index (χ2n) is 3.63. The summed E-state index contributed by atoms with van der Waals surface area (Å²) in [5.41, 5.74) is -0.358. The van der Waals surface area contributed by atoms with Crippen molar-refractivity contribution in [1.29, 1.82) is 0 Å². The van der Waals surface area contributed by atoms with Crippen molar-refractivity contribution in [3.05, 3.63) is 27.8 Å². The van der Waals surface area contributed by atoms with Crippen LogP contribution in [-0.2, 0) is 4.74 Å². The summed E-state index contributed by atoms with van der Waals surface area (Å²) in [4.78, 5) is 21.0. The van der Waals surface area contributed by atoms with E-state index in [1.807, 2.05) is 0 Å². The Labute approximate surface area is 110 Å². The first-order chi connectivity index (χ1) is 9.13. The Hall–Kier alpha value is -2.15. The Morgan fingerprint density at radius 2 is 2.00 bits per heavy atom. The highest BCUT2D eigenvalue weighted by atomic mass is 16.6. The zero-order valence-corrected chi connectivity index (χ0v) is 10.8. The summed E-state index contributed by atoms with van der Waals surface area (Å²) in [6.45, 7) is 0.860. The summed E-state index contributed by atoms with van der Waals surface area (Å²) in [6.07, 6.45) is 1.05. The summed E-state index contributed by atoms with van der Waals surface area (Å²) >= 11 is 0. The van der Waals surface area contributed by atoms with E-state index in [9.17, 15) is 14.9 Å². The second kappa shape index (κ2) is 7.32. The SMILES string of the molecule is COCCCOc1cc([N+](=O)[O-])c(C=O)cc1OC. The lowest BCUT2D eigenvalue weighted by molar-refractivity contribution is -0.385. The van der Waals surface area contributed by atoms with Gasteiger partial charge in [-0.25, -0.2) is 0 Å². The fourth-order valence-corrected chi connectivity index (χ4v) is 1.48. The number of nitro groups is 1. The number of aldehydes is 1. The fourth-order valence-electron chi connectivity index (χ4n) is 1.48. The molecule has 0 amide bonds. The molecular formula is C12H15NO6. The van der Waals surface area contributed by atoms with Crippen LogP contribution in [0.25, 0.3) is 0 Å². The average Bonchev–Trinajstić information content (AvgIpc) is 2.42. The summed E-state index contributed by atoms with van der Waals surface area (Å²) in [7, 11) is 2.97. The normalized spacial score (nSPS) is 10.0. The monoisotopic (exact) mass is 269 g/mol. The number of benzene rings is 1. The van der Waals surface area contributed by atoms with Crippen LogP contribution in [0.1, 0.15) is 16.8 Å². The van der Waals surface area contributed by atoms with Crippen LogP contribution < -0.4 is 9.47 Å². The van der Waals surface area contributed by atoms with Crippen molar-refractivity contribution in [2.75, 3.05) is 27.4 Å². The first kappa shape index (κ1) is 14.9. The van der Waals surface area contributed by atoms with Gasteiger partial charge in [0.15, 0.2) is 17.8 Å². The quantitative estimate of drug-likeness (QED) is 0.309. The van der Waals surface area contributed by atoms with E-state index < -0.39 is 4.92 Å². The first-order valence-corrected chi connectivity index (χ1v) is 5.57. The lowest BCUT2D eigenvalue weighted by atomic mass is 10.1. The van der Waals surface area contributed by atoms with E-state index in [2.05, 4.69) is 0 Å². The number of ether oxygens (including phenoxy) is 3. The molecule has 7 heteroatoms. The van der Waals surface area contributed by atoms with E-state index in [0.717, 1.165) is 0 Å². The fraction of sp³-hybridized carbons (Fsp3) is 0.417. The predicted molar refractivity (Wildman–Crippen MR) is 67.0 cm³/mol. The van der Waals surface area contributed by atoms with Crippen LogP contribution in [-0.4, -0.2) is 38.6 Å². The average molecular weight is 269 g/mol. The van der Waals surface area contributed by atoms with Crippen LogP contribution in [0.5, 0.6) is 11.5 Å². The van der Waals surface area contributed by atoms with Crippen LogP contribution in [0, 0.1) is 10.1 Å². The largest absolute Gasteiger partial charge is 0.493 e. The Kier molecular flexibility index (Phi) is 5.74. The van der Waals surface area contributed by atoms with Gasteiger partial charge >= 0.3 is 0 Å². The molecule has 7 nitrogen and oxygen atoms in total. The molecule has 1 aromatic rings. The molecule has 0 aromatic heterocycles. The van der Waals surface area contributed by atoms with Gasteiger partial charge in [0.1, 0.15) is 0 Å². The van der Waals surface area contributed by atoms with Gasteiger partial charge in [-0.05, 0) is 0 Å². The summed E-state index contributed by atoms with van der Waals surface area (Å²) in [6, 6.07) is 2.48. The number of methoxy groups -OCH3 is 2. The molecule has 0 unspecified atom stereocenters. The number of nitrogens with zero attached hydrogens (tertiary/aromatic N) is 1. The number of nitro benzene ring substituents is 1. The standard InChI is InChI=1S/C12H15NO6/c1-17-4-3-5-19-12-7-10(13(15)16)9(8-14)6-11(12)18-2/h6-8H,3-5H2,1-2H3. The minimum absolute atomic E-state index is 0.0499. The van der Waals surface area contributed by atoms with Gasteiger partial charge in [-0.1, -0.05) is 0 Å². The molecule has 0 aliphatic rings. The van der Waals surface area contributed by atoms with Gasteiger partial charge in [0.25, 0.3) is 5.69 Å². The van der Waals surface area contributed by atoms with E-state index in [1.165, 1.54) is 19.2 Å². The highest BCUT2D eigenvalue weighted by Gasteiger charge is 2.19. The lowest BCUT2D eigenvalue weighted by Crippen LogP contribution is -2.04. The molecule has 104 valence electrons. The molecule has 0 spiro atoms. The third kappa shape index (κ3) is 3.92. The van der Waals surface area contributed by atoms with Gasteiger partial charge in [0, 0.05) is 26.2 Å². The van der Waals surface area contributed by atoms with E-state index >= 15 is 0 Å². The highest BCUT2D eigenvalue weighted by Crippen LogP contribution is 2.34. The van der Waals surface area contributed by atoms with Crippen molar-refractivity contribution in [2.45, 2.75) is 6.42 Å². The number of carbonyl (C=O) groups is 1. The van der Waals surface area contributed by atoms with Crippen molar-refractivity contribution in [1.82, 2.24) is 0 Å². The van der Waals surface area contributed by atoms with Crippen LogP contribution in [0.15, 0.2) is 12.1 Å². The van der Waals surface area contributed by atoms with Crippen molar-refractivity contribution < 1.29 is 23.9 Å². The third-order valence-electron chi connectivity index (χ3n) is 2.39. The van der Waals surface area contributed by atoms with E-state index in [-0.39, 0.29) is 22.7 Å². The van der Waals surface area contributed by atoms with Crippen LogP contribution in [0.4, 0.5) is 5.69 Å². The van der Waals surface area contributed by atoms with E-state index in [4.69, 9.17) is 14.2 Å². The zero-order valence-electron chi connectivity index (χ0n) is 10.8. The molecule has 0 heterocycles. The van der Waals surface area contributed by atoms with Crippen molar-refractivity contribution in [3.63, 3.8) is 0 Å². The van der Waals surface area contributed by atoms with Crippen LogP contribution >= 0.6 is 0 Å². The molecule has 0 fully saturated rings. The summed E-state index contributed by atoms with van der Waals surface area (Å²) < 4.78 is 15.3. The smallest absolute Gasteiger partial charge is 0.283 e. The number of hydrogen-bond donors (Lipinski definition) is 0. The Bertz CT molecular complexity index is 460. The van der Waals surface area contributed by atoms with Gasteiger partial charge in [0.05, 0.1) is 30.3 Å². The number of rotatable bonds is 8. The molecule has 0 N–H and O–H groups in total. The van der Waals surface area contributed by atoms with Crippen molar-refractivity contribution in [2.24, 2.45) is 0 Å². The van der Waals surface area contributed by atoms with Gasteiger partial charge in [-0.2, -0.15) is 0 Å². The Morgan fingerprint density at radius 1 is 1.26 bits per heavy atom. The molecular weight excluding hydrogens is 254 g/mol. The molecule has 0 atom stereocenters. The minimum atomic E-state index is -0.634.